The van der Waals surface area contributed by atoms with Crippen molar-refractivity contribution in [3.63, 3.8) is 0 Å². The normalized spacial score (nSPS) is 14.8. The minimum atomic E-state index is -0.206. The Kier molecular flexibility index (Phi) is 7.70. The molecule has 0 bridgehead atoms. The van der Waals surface area contributed by atoms with Gasteiger partial charge in [0.25, 0.3) is 11.5 Å². The number of nitrogens with zero attached hydrogens (tertiary/aromatic N) is 4. The summed E-state index contributed by atoms with van der Waals surface area (Å²) in [6.07, 6.45) is 3.84. The molecule has 40 heavy (non-hydrogen) atoms. The molecule has 3 heterocycles. The molecule has 1 atom stereocenters. The van der Waals surface area contributed by atoms with Crippen molar-refractivity contribution in [1.82, 2.24) is 24.4 Å². The first-order chi connectivity index (χ1) is 19.1. The van der Waals surface area contributed by atoms with Crippen molar-refractivity contribution < 1.29 is 4.79 Å². The van der Waals surface area contributed by atoms with Gasteiger partial charge >= 0.3 is 0 Å². The highest BCUT2D eigenvalue weighted by Crippen LogP contribution is 2.30. The number of aromatic amines is 1. The zero-order chi connectivity index (χ0) is 28.7. The Morgan fingerprint density at radius 1 is 1.27 bits per heavy atom. The number of carbonyl (C=O) groups excluding carboxylic acids is 1. The molecule has 0 saturated carbocycles. The van der Waals surface area contributed by atoms with Crippen LogP contribution in [-0.2, 0) is 13.0 Å². The number of halogens is 2. The lowest BCUT2D eigenvalue weighted by Crippen LogP contribution is -2.46. The van der Waals surface area contributed by atoms with Crippen molar-refractivity contribution in [2.24, 2.45) is 0 Å². The lowest BCUT2D eigenvalue weighted by atomic mass is 9.98. The predicted molar refractivity (Wildman–Crippen MR) is 163 cm³/mol. The molecule has 0 fully saturated rings. The number of nitrogens with one attached hydrogen (secondary N) is 2. The molecule has 5 rings (SSSR count). The van der Waals surface area contributed by atoms with Crippen LogP contribution < -0.4 is 10.9 Å². The molecule has 1 amide bonds. The van der Waals surface area contributed by atoms with Crippen LogP contribution in [0.5, 0.6) is 0 Å². The van der Waals surface area contributed by atoms with E-state index in [4.69, 9.17) is 16.6 Å². The summed E-state index contributed by atoms with van der Waals surface area (Å²) in [5.74, 6) is 0.957. The van der Waals surface area contributed by atoms with Gasteiger partial charge in [-0.05, 0) is 76.1 Å². The highest BCUT2D eigenvalue weighted by molar-refractivity contribution is 9.10. The van der Waals surface area contributed by atoms with Gasteiger partial charge in [-0.1, -0.05) is 40.2 Å². The second kappa shape index (κ2) is 11.1. The van der Waals surface area contributed by atoms with Crippen molar-refractivity contribution in [3.8, 4) is 17.1 Å². The molecule has 0 spiro atoms. The van der Waals surface area contributed by atoms with Gasteiger partial charge in [0, 0.05) is 45.1 Å². The zero-order valence-electron chi connectivity index (χ0n) is 22.8. The third-order valence-electron chi connectivity index (χ3n) is 6.92. The number of carbonyl (C=O) groups is 1. The molecule has 206 valence electrons. The smallest absolute Gasteiger partial charge is 0.263 e. The molecular formula is C30H30BrClN6O2. The summed E-state index contributed by atoms with van der Waals surface area (Å²) >= 11 is 10.2. The number of imidazole rings is 1. The molecule has 2 aromatic carbocycles. The fourth-order valence-corrected chi connectivity index (χ4v) is 5.58. The number of aryl methyl sites for hydroxylation is 1. The van der Waals surface area contributed by atoms with Crippen LogP contribution in [0.15, 0.2) is 58.4 Å². The van der Waals surface area contributed by atoms with Crippen LogP contribution in [0.3, 0.4) is 0 Å². The summed E-state index contributed by atoms with van der Waals surface area (Å²) in [6, 6.07) is 10.7. The van der Waals surface area contributed by atoms with Crippen LogP contribution in [0.1, 0.15) is 53.6 Å². The Hall–Kier alpha value is -3.69. The molecule has 1 aliphatic heterocycles. The van der Waals surface area contributed by atoms with Gasteiger partial charge in [0.15, 0.2) is 0 Å². The van der Waals surface area contributed by atoms with Crippen LogP contribution in [0.4, 0.5) is 5.95 Å². The van der Waals surface area contributed by atoms with Crippen LogP contribution in [0.2, 0.25) is 5.02 Å². The number of hydrogen-bond acceptors (Lipinski definition) is 5. The molecule has 8 nitrogen and oxygen atoms in total. The van der Waals surface area contributed by atoms with E-state index in [2.05, 4.69) is 37.8 Å². The third kappa shape index (κ3) is 5.23. The van der Waals surface area contributed by atoms with Crippen molar-refractivity contribution >= 4 is 45.5 Å². The van der Waals surface area contributed by atoms with Crippen molar-refractivity contribution in [2.45, 2.75) is 52.7 Å². The highest BCUT2D eigenvalue weighted by Gasteiger charge is 2.32. The fourth-order valence-electron chi connectivity index (χ4n) is 4.90. The maximum absolute atomic E-state index is 14.0. The van der Waals surface area contributed by atoms with Gasteiger partial charge in [-0.3, -0.25) is 9.59 Å². The van der Waals surface area contributed by atoms with E-state index < -0.39 is 0 Å². The van der Waals surface area contributed by atoms with Gasteiger partial charge in [-0.2, -0.15) is 0 Å². The third-order valence-corrected chi connectivity index (χ3v) is 7.95. The molecule has 2 aromatic heterocycles. The first kappa shape index (κ1) is 27.9. The number of fused-ring (bicyclic) bond motifs is 1. The molecule has 0 saturated heterocycles. The van der Waals surface area contributed by atoms with Crippen LogP contribution in [0, 0.1) is 6.92 Å². The van der Waals surface area contributed by atoms with Crippen LogP contribution in [0.25, 0.3) is 23.2 Å². The van der Waals surface area contributed by atoms with E-state index in [9.17, 15) is 9.59 Å². The molecule has 0 aliphatic carbocycles. The van der Waals surface area contributed by atoms with E-state index in [0.29, 0.717) is 45.7 Å². The summed E-state index contributed by atoms with van der Waals surface area (Å²) in [4.78, 5) is 41.8. The van der Waals surface area contributed by atoms with Gasteiger partial charge in [-0.25, -0.2) is 14.5 Å². The Bertz CT molecular complexity index is 1690. The first-order valence-electron chi connectivity index (χ1n) is 13.0. The molecule has 4 aromatic rings. The second-order valence-corrected chi connectivity index (χ2v) is 11.6. The maximum atomic E-state index is 14.0. The summed E-state index contributed by atoms with van der Waals surface area (Å²) in [5.41, 5.74) is 4.63. The van der Waals surface area contributed by atoms with Crippen LogP contribution in [-0.4, -0.2) is 42.4 Å². The van der Waals surface area contributed by atoms with Crippen LogP contribution >= 0.6 is 27.5 Å². The van der Waals surface area contributed by atoms with E-state index in [0.717, 1.165) is 21.3 Å². The lowest BCUT2D eigenvalue weighted by Gasteiger charge is -2.35. The van der Waals surface area contributed by atoms with Crippen molar-refractivity contribution in [1.29, 1.82) is 0 Å². The number of rotatable bonds is 6. The summed E-state index contributed by atoms with van der Waals surface area (Å²) < 4.78 is 2.40. The molecule has 1 unspecified atom stereocenters. The summed E-state index contributed by atoms with van der Waals surface area (Å²) in [6.45, 7) is 11.9. The molecule has 0 radical (unpaired) electrons. The first-order valence-corrected chi connectivity index (χ1v) is 14.2. The number of hydrogen-bond donors (Lipinski definition) is 2. The number of amides is 1. The SMILES string of the molecule is C=Cc1cc(C(=O)N2Cc3nc(NC(C)C)n(-c4ccc(-c5ncc(C)[nH]5)cc4Cl)c(=O)c3CC2C)ccc1Br. The Morgan fingerprint density at radius 3 is 2.70 bits per heavy atom. The van der Waals surface area contributed by atoms with Gasteiger partial charge in [0.05, 0.1) is 22.9 Å². The molecular weight excluding hydrogens is 592 g/mol. The van der Waals surface area contributed by atoms with E-state index in [1.807, 2.05) is 52.0 Å². The van der Waals surface area contributed by atoms with Gasteiger partial charge < -0.3 is 15.2 Å². The zero-order valence-corrected chi connectivity index (χ0v) is 25.1. The number of H-pyrrole nitrogens is 1. The predicted octanol–water partition coefficient (Wildman–Crippen LogP) is 6.40. The lowest BCUT2D eigenvalue weighted by molar-refractivity contribution is 0.0653. The minimum Gasteiger partial charge on any atom is -0.353 e. The molecule has 1 aliphatic rings. The standard InChI is InChI=1S/C30H30BrClN6O2/c1-6-19-12-21(7-9-23(19)31)28(39)37-15-25-22(11-18(37)5)29(40)38(30(36-25)34-16(2)3)26-10-8-20(13-24(26)32)27-33-14-17(4)35-27/h6-10,12-14,16,18H,1,11,15H2,2-5H3,(H,33,35)(H,34,36). The van der Waals surface area contributed by atoms with Crippen molar-refractivity contribution in [2.75, 3.05) is 5.32 Å². The van der Waals surface area contributed by atoms with E-state index in [1.165, 1.54) is 4.57 Å². The fraction of sp³-hybridized carbons (Fsp3) is 0.267. The Balaban J connectivity index is 1.56. The van der Waals surface area contributed by atoms with E-state index >= 15 is 0 Å². The Morgan fingerprint density at radius 2 is 2.05 bits per heavy atom. The minimum absolute atomic E-state index is 0.000631. The quantitative estimate of drug-likeness (QED) is 0.260. The number of anilines is 1. The monoisotopic (exact) mass is 620 g/mol. The van der Waals surface area contributed by atoms with E-state index in [-0.39, 0.29) is 30.1 Å². The average molecular weight is 622 g/mol. The summed E-state index contributed by atoms with van der Waals surface area (Å²) in [5, 5.41) is 3.70. The number of benzene rings is 2. The highest BCUT2D eigenvalue weighted by atomic mass is 79.9. The molecule has 2 N–H and O–H groups in total. The van der Waals surface area contributed by atoms with Crippen molar-refractivity contribution in [3.05, 3.63) is 97.1 Å². The maximum Gasteiger partial charge on any atom is 0.263 e. The van der Waals surface area contributed by atoms with Gasteiger partial charge in [0.2, 0.25) is 5.95 Å². The largest absolute Gasteiger partial charge is 0.353 e. The number of aromatic nitrogens is 4. The summed E-state index contributed by atoms with van der Waals surface area (Å²) in [7, 11) is 0. The average Bonchev–Trinajstić information content (AvgIpc) is 3.35. The second-order valence-electron chi connectivity index (χ2n) is 10.3. The Labute approximate surface area is 246 Å². The van der Waals surface area contributed by atoms with Gasteiger partial charge in [0.1, 0.15) is 5.82 Å². The van der Waals surface area contributed by atoms with E-state index in [1.54, 1.807) is 29.3 Å². The molecule has 10 heteroatoms. The topological polar surface area (TPSA) is 95.9 Å². The van der Waals surface area contributed by atoms with Gasteiger partial charge in [-0.15, -0.1) is 0 Å².